The Morgan fingerprint density at radius 3 is 2.59 bits per heavy atom. The predicted octanol–water partition coefficient (Wildman–Crippen LogP) is 5.37. The van der Waals surface area contributed by atoms with Crippen molar-refractivity contribution in [3.8, 4) is 22.6 Å². The molecule has 0 aliphatic carbocycles. The molecule has 1 heterocycles. The van der Waals surface area contributed by atoms with Crippen LogP contribution in [0.15, 0.2) is 65.4 Å². The monoisotopic (exact) mass is 415 g/mol. The summed E-state index contributed by atoms with van der Waals surface area (Å²) >= 11 is 1.30. The smallest absolute Gasteiger partial charge is 0.273 e. The molecule has 29 heavy (non-hydrogen) atoms. The van der Waals surface area contributed by atoms with Crippen molar-refractivity contribution in [3.05, 3.63) is 82.6 Å². The summed E-state index contributed by atoms with van der Waals surface area (Å²) in [6, 6.07) is 10.1. The third-order valence-electron chi connectivity index (χ3n) is 4.12. The molecule has 2 N–H and O–H groups in total. The van der Waals surface area contributed by atoms with Crippen LogP contribution in [0.1, 0.15) is 0 Å². The van der Waals surface area contributed by atoms with E-state index >= 15 is 0 Å². The van der Waals surface area contributed by atoms with E-state index in [0.717, 1.165) is 17.8 Å². The van der Waals surface area contributed by atoms with Gasteiger partial charge in [0.25, 0.3) is 5.56 Å². The minimum Gasteiger partial charge on any atom is -0.454 e. The summed E-state index contributed by atoms with van der Waals surface area (Å²) in [4.78, 5) is 12.2. The Bertz CT molecular complexity index is 1120. The molecule has 2 aromatic carbocycles. The summed E-state index contributed by atoms with van der Waals surface area (Å²) < 4.78 is 37.6. The molecular formula is C21H19F2N3O2S. The lowest BCUT2D eigenvalue weighted by Gasteiger charge is -2.15. The van der Waals surface area contributed by atoms with E-state index in [1.807, 2.05) is 6.07 Å². The minimum atomic E-state index is -0.809. The standard InChI is InChI=1S/C21H19F2N3O2S/c1-4-29-25-15-6-8-19(28-20-7-5-14(22)10-17(20)23)16(11-15)13-9-18(24-2)21(27)26(3)12-13/h4-12,24-25H,1H2,2-3H3. The van der Waals surface area contributed by atoms with Gasteiger partial charge in [-0.05, 0) is 53.8 Å². The molecule has 0 amide bonds. The van der Waals surface area contributed by atoms with Crippen molar-refractivity contribution in [2.24, 2.45) is 7.05 Å². The summed E-state index contributed by atoms with van der Waals surface area (Å²) in [5, 5.41) is 4.51. The molecule has 0 aliphatic heterocycles. The Balaban J connectivity index is 2.12. The van der Waals surface area contributed by atoms with Gasteiger partial charge in [-0.15, -0.1) is 0 Å². The van der Waals surface area contributed by atoms with E-state index < -0.39 is 11.6 Å². The van der Waals surface area contributed by atoms with Gasteiger partial charge in [0.2, 0.25) is 0 Å². The van der Waals surface area contributed by atoms with Crippen molar-refractivity contribution in [3.63, 3.8) is 0 Å². The van der Waals surface area contributed by atoms with Gasteiger partial charge in [0, 0.05) is 43.2 Å². The second-order valence-electron chi connectivity index (χ2n) is 6.08. The number of anilines is 2. The molecule has 0 bridgehead atoms. The van der Waals surface area contributed by atoms with Crippen LogP contribution < -0.4 is 20.3 Å². The number of aryl methyl sites for hydroxylation is 1. The Hall–Kier alpha value is -3.26. The molecule has 0 atom stereocenters. The number of nitrogens with one attached hydrogen (secondary N) is 2. The van der Waals surface area contributed by atoms with Gasteiger partial charge >= 0.3 is 0 Å². The fourth-order valence-electron chi connectivity index (χ4n) is 2.73. The Kier molecular flexibility index (Phi) is 6.23. The van der Waals surface area contributed by atoms with E-state index in [-0.39, 0.29) is 11.3 Å². The second kappa shape index (κ2) is 8.83. The lowest BCUT2D eigenvalue weighted by Crippen LogP contribution is -2.19. The number of hydrogen-bond donors (Lipinski definition) is 2. The molecule has 0 unspecified atom stereocenters. The van der Waals surface area contributed by atoms with Gasteiger partial charge in [0.05, 0.1) is 0 Å². The van der Waals surface area contributed by atoms with Crippen LogP contribution >= 0.6 is 11.9 Å². The number of benzene rings is 2. The van der Waals surface area contributed by atoms with Crippen LogP contribution in [-0.2, 0) is 7.05 Å². The minimum absolute atomic E-state index is 0.104. The molecule has 0 saturated heterocycles. The third kappa shape index (κ3) is 4.60. The summed E-state index contributed by atoms with van der Waals surface area (Å²) in [6.45, 7) is 3.65. The van der Waals surface area contributed by atoms with Crippen molar-refractivity contribution in [1.29, 1.82) is 0 Å². The van der Waals surface area contributed by atoms with Crippen molar-refractivity contribution in [1.82, 2.24) is 4.57 Å². The summed E-state index contributed by atoms with van der Waals surface area (Å²) in [5.41, 5.74) is 2.29. The highest BCUT2D eigenvalue weighted by Gasteiger charge is 2.14. The van der Waals surface area contributed by atoms with E-state index in [2.05, 4.69) is 16.6 Å². The maximum Gasteiger partial charge on any atom is 0.273 e. The molecule has 8 heteroatoms. The van der Waals surface area contributed by atoms with Gasteiger partial charge in [0.1, 0.15) is 17.3 Å². The number of rotatable bonds is 7. The normalized spacial score (nSPS) is 10.5. The molecule has 1 aromatic heterocycles. The first-order valence-electron chi connectivity index (χ1n) is 8.61. The van der Waals surface area contributed by atoms with E-state index in [1.165, 1.54) is 22.6 Å². The Labute approximate surface area is 171 Å². The first-order valence-corrected chi connectivity index (χ1v) is 9.49. The van der Waals surface area contributed by atoms with Gasteiger partial charge in [0.15, 0.2) is 11.6 Å². The largest absolute Gasteiger partial charge is 0.454 e. The summed E-state index contributed by atoms with van der Waals surface area (Å²) in [7, 11) is 3.30. The molecule has 0 aliphatic rings. The zero-order chi connectivity index (χ0) is 21.0. The van der Waals surface area contributed by atoms with Crippen LogP contribution in [0.4, 0.5) is 20.2 Å². The Morgan fingerprint density at radius 2 is 1.90 bits per heavy atom. The van der Waals surface area contributed by atoms with Crippen LogP contribution in [-0.4, -0.2) is 11.6 Å². The summed E-state index contributed by atoms with van der Waals surface area (Å²) in [5.74, 6) is -1.25. The lowest BCUT2D eigenvalue weighted by molar-refractivity contribution is 0.439. The first-order chi connectivity index (χ1) is 13.9. The number of pyridine rings is 1. The molecule has 0 radical (unpaired) electrons. The van der Waals surface area contributed by atoms with Crippen LogP contribution in [0.3, 0.4) is 0 Å². The van der Waals surface area contributed by atoms with Gasteiger partial charge in [-0.2, -0.15) is 0 Å². The van der Waals surface area contributed by atoms with Crippen LogP contribution in [0.2, 0.25) is 0 Å². The highest BCUT2D eigenvalue weighted by molar-refractivity contribution is 8.03. The zero-order valence-electron chi connectivity index (χ0n) is 15.8. The molecule has 0 saturated carbocycles. The number of halogens is 2. The molecule has 3 aromatic rings. The molecule has 0 fully saturated rings. The van der Waals surface area contributed by atoms with Gasteiger partial charge in [-0.25, -0.2) is 8.78 Å². The topological polar surface area (TPSA) is 55.3 Å². The third-order valence-corrected chi connectivity index (χ3v) is 4.64. The van der Waals surface area contributed by atoms with Crippen molar-refractivity contribution in [2.75, 3.05) is 17.1 Å². The number of aromatic nitrogens is 1. The molecule has 0 spiro atoms. The maximum atomic E-state index is 14.1. The summed E-state index contributed by atoms with van der Waals surface area (Å²) in [6.07, 6.45) is 1.66. The highest BCUT2D eigenvalue weighted by Crippen LogP contribution is 2.37. The van der Waals surface area contributed by atoms with E-state index in [0.29, 0.717) is 22.6 Å². The number of nitrogens with zero attached hydrogens (tertiary/aromatic N) is 1. The molecule has 150 valence electrons. The Morgan fingerprint density at radius 1 is 1.14 bits per heavy atom. The first kappa shape index (κ1) is 20.5. The van der Waals surface area contributed by atoms with E-state index in [9.17, 15) is 13.6 Å². The zero-order valence-corrected chi connectivity index (χ0v) is 16.6. The molecular weight excluding hydrogens is 396 g/mol. The maximum absolute atomic E-state index is 14.1. The SMILES string of the molecule is C=CSNc1ccc(Oc2ccc(F)cc2F)c(-c2cc(NC)c(=O)n(C)c2)c1. The fourth-order valence-corrected chi connectivity index (χ4v) is 3.08. The van der Waals surface area contributed by atoms with Crippen molar-refractivity contribution >= 4 is 23.3 Å². The quantitative estimate of drug-likeness (QED) is 0.508. The van der Waals surface area contributed by atoms with Crippen molar-refractivity contribution in [2.45, 2.75) is 0 Å². The fraction of sp³-hybridized carbons (Fsp3) is 0.0952. The number of hydrogen-bond acceptors (Lipinski definition) is 5. The number of ether oxygens (including phenoxy) is 1. The predicted molar refractivity (Wildman–Crippen MR) is 115 cm³/mol. The van der Waals surface area contributed by atoms with Crippen molar-refractivity contribution < 1.29 is 13.5 Å². The van der Waals surface area contributed by atoms with Crippen LogP contribution in [0.5, 0.6) is 11.5 Å². The highest BCUT2D eigenvalue weighted by atomic mass is 32.2. The average Bonchev–Trinajstić information content (AvgIpc) is 2.71. The van der Waals surface area contributed by atoms with E-state index in [1.54, 1.807) is 43.9 Å². The lowest BCUT2D eigenvalue weighted by atomic mass is 10.0. The van der Waals surface area contributed by atoms with Crippen LogP contribution in [0.25, 0.3) is 11.1 Å². The van der Waals surface area contributed by atoms with Gasteiger partial charge in [-0.3, -0.25) is 4.79 Å². The second-order valence-corrected chi connectivity index (χ2v) is 6.86. The van der Waals surface area contributed by atoms with Gasteiger partial charge < -0.3 is 19.3 Å². The van der Waals surface area contributed by atoms with E-state index in [4.69, 9.17) is 4.74 Å². The van der Waals surface area contributed by atoms with Gasteiger partial charge in [-0.1, -0.05) is 6.58 Å². The molecule has 5 nitrogen and oxygen atoms in total. The van der Waals surface area contributed by atoms with Crippen LogP contribution in [0, 0.1) is 11.6 Å². The average molecular weight is 415 g/mol. The molecule has 3 rings (SSSR count).